The molecule has 0 unspecified atom stereocenters. The molecule has 13 heteroatoms. The fourth-order valence-corrected chi connectivity index (χ4v) is 6.08. The van der Waals surface area contributed by atoms with Crippen LogP contribution in [0.2, 0.25) is 10.0 Å². The van der Waals surface area contributed by atoms with E-state index in [0.717, 1.165) is 0 Å². The van der Waals surface area contributed by atoms with Crippen molar-refractivity contribution in [1.82, 2.24) is 14.5 Å². The highest BCUT2D eigenvalue weighted by Crippen LogP contribution is 2.55. The van der Waals surface area contributed by atoms with Gasteiger partial charge in [0.05, 0.1) is 24.1 Å². The zero-order valence-corrected chi connectivity index (χ0v) is 24.2. The van der Waals surface area contributed by atoms with Gasteiger partial charge in [0.25, 0.3) is 11.8 Å². The summed E-state index contributed by atoms with van der Waals surface area (Å²) >= 11 is 12.7. The highest BCUT2D eigenvalue weighted by atomic mass is 35.5. The average Bonchev–Trinajstić information content (AvgIpc) is 3.53. The van der Waals surface area contributed by atoms with Gasteiger partial charge in [0, 0.05) is 39.6 Å². The standard InChI is InChI=1S/C29H23Cl2F2N5O4/c1-13(2)37-24-23(36-25(37)17-12-34-22(42-28(32)33)11-21(17)41-4)26(39)38(20-10-16(31)6-5-14(20)3)29(24)18-8-7-15(30)9-19(18)35-27(29)40/h5-13,28H,1-4H3,(H,35,40)/t29-/m1/s1. The lowest BCUT2D eigenvalue weighted by molar-refractivity contribution is -0.119. The van der Waals surface area contributed by atoms with E-state index in [0.29, 0.717) is 43.8 Å². The maximum Gasteiger partial charge on any atom is 0.388 e. The molecule has 1 N–H and O–H groups in total. The average molecular weight is 614 g/mol. The molecule has 9 nitrogen and oxygen atoms in total. The van der Waals surface area contributed by atoms with Crippen LogP contribution in [0.3, 0.4) is 0 Å². The molecule has 0 saturated carbocycles. The molecule has 0 bridgehead atoms. The van der Waals surface area contributed by atoms with Gasteiger partial charge in [-0.15, -0.1) is 0 Å². The first-order valence-electron chi connectivity index (χ1n) is 12.8. The number of carbonyl (C=O) groups excluding carboxylic acids is 2. The number of anilines is 2. The van der Waals surface area contributed by atoms with Crippen LogP contribution in [-0.4, -0.2) is 40.1 Å². The third kappa shape index (κ3) is 3.94. The summed E-state index contributed by atoms with van der Waals surface area (Å²) in [5.74, 6) is -0.965. The second-order valence-electron chi connectivity index (χ2n) is 10.1. The van der Waals surface area contributed by atoms with Crippen LogP contribution >= 0.6 is 23.2 Å². The molecule has 2 aliphatic rings. The fourth-order valence-electron chi connectivity index (χ4n) is 5.74. The first kappa shape index (κ1) is 27.9. The van der Waals surface area contributed by atoms with Crippen molar-refractivity contribution in [2.24, 2.45) is 0 Å². The van der Waals surface area contributed by atoms with Gasteiger partial charge >= 0.3 is 6.61 Å². The molecule has 0 aliphatic carbocycles. The number of halogens is 4. The number of hydrogen-bond donors (Lipinski definition) is 1. The molecule has 2 aromatic heterocycles. The number of methoxy groups -OCH3 is 1. The third-order valence-corrected chi connectivity index (χ3v) is 7.85. The monoisotopic (exact) mass is 613 g/mol. The summed E-state index contributed by atoms with van der Waals surface area (Å²) in [7, 11) is 1.36. The largest absolute Gasteiger partial charge is 0.496 e. The zero-order valence-electron chi connectivity index (χ0n) is 22.7. The number of benzene rings is 2. The van der Waals surface area contributed by atoms with Crippen molar-refractivity contribution in [3.8, 4) is 23.0 Å². The van der Waals surface area contributed by atoms with E-state index in [-0.39, 0.29) is 29.2 Å². The Morgan fingerprint density at radius 2 is 1.76 bits per heavy atom. The number of aryl methyl sites for hydroxylation is 1. The number of imidazole rings is 1. The molecule has 0 fully saturated rings. The van der Waals surface area contributed by atoms with Crippen LogP contribution in [0.15, 0.2) is 48.7 Å². The maximum absolute atomic E-state index is 14.4. The van der Waals surface area contributed by atoms with Gasteiger partial charge in [-0.1, -0.05) is 35.3 Å². The number of hydrogen-bond acceptors (Lipinski definition) is 6. The van der Waals surface area contributed by atoms with E-state index >= 15 is 0 Å². The second-order valence-corrected chi connectivity index (χ2v) is 11.0. The van der Waals surface area contributed by atoms with E-state index in [4.69, 9.17) is 32.9 Å². The summed E-state index contributed by atoms with van der Waals surface area (Å²) in [6, 6.07) is 11.0. The molecule has 6 rings (SSSR count). The number of alkyl halides is 2. The smallest absolute Gasteiger partial charge is 0.388 e. The highest BCUT2D eigenvalue weighted by Gasteiger charge is 2.64. The van der Waals surface area contributed by atoms with Gasteiger partial charge in [0.1, 0.15) is 11.6 Å². The van der Waals surface area contributed by atoms with Crippen molar-refractivity contribution in [2.45, 2.75) is 39.0 Å². The lowest BCUT2D eigenvalue weighted by Gasteiger charge is -2.36. The van der Waals surface area contributed by atoms with Crippen molar-refractivity contribution in [1.29, 1.82) is 0 Å². The second kappa shape index (κ2) is 9.95. The molecule has 4 heterocycles. The number of amides is 2. The van der Waals surface area contributed by atoms with E-state index in [2.05, 4.69) is 15.0 Å². The van der Waals surface area contributed by atoms with Crippen molar-refractivity contribution in [2.75, 3.05) is 17.3 Å². The molecular formula is C29H23Cl2F2N5O4. The number of nitrogens with one attached hydrogen (secondary N) is 1. The summed E-state index contributed by atoms with van der Waals surface area (Å²) in [5, 5.41) is 3.70. The molecule has 2 aromatic carbocycles. The van der Waals surface area contributed by atoms with E-state index in [1.54, 1.807) is 41.0 Å². The Kier molecular flexibility index (Phi) is 6.62. The van der Waals surface area contributed by atoms with Crippen molar-refractivity contribution >= 4 is 46.4 Å². The molecule has 2 amide bonds. The molecule has 1 atom stereocenters. The maximum atomic E-state index is 14.4. The summed E-state index contributed by atoms with van der Waals surface area (Å²) in [5.41, 5.74) is 1.08. The predicted molar refractivity (Wildman–Crippen MR) is 153 cm³/mol. The molecular weight excluding hydrogens is 591 g/mol. The normalized spacial score (nSPS) is 17.3. The summed E-state index contributed by atoms with van der Waals surface area (Å²) < 4.78 is 37.4. The van der Waals surface area contributed by atoms with E-state index in [1.165, 1.54) is 24.3 Å². The predicted octanol–water partition coefficient (Wildman–Crippen LogP) is 6.61. The summed E-state index contributed by atoms with van der Waals surface area (Å²) in [4.78, 5) is 38.9. The molecule has 2 aliphatic heterocycles. The number of fused-ring (bicyclic) bond motifs is 4. The number of pyridine rings is 1. The van der Waals surface area contributed by atoms with Crippen LogP contribution in [-0.2, 0) is 10.3 Å². The molecule has 42 heavy (non-hydrogen) atoms. The Morgan fingerprint density at radius 1 is 1.05 bits per heavy atom. The highest BCUT2D eigenvalue weighted by molar-refractivity contribution is 6.32. The number of carbonyl (C=O) groups is 2. The molecule has 1 spiro atoms. The minimum atomic E-state index is -3.08. The minimum absolute atomic E-state index is 0.0333. The molecule has 4 aromatic rings. The number of rotatable bonds is 6. The van der Waals surface area contributed by atoms with Crippen LogP contribution in [0.25, 0.3) is 11.4 Å². The lowest BCUT2D eigenvalue weighted by atomic mass is 9.86. The summed E-state index contributed by atoms with van der Waals surface area (Å²) in [6.45, 7) is 2.49. The van der Waals surface area contributed by atoms with Crippen molar-refractivity contribution in [3.63, 3.8) is 0 Å². The van der Waals surface area contributed by atoms with Gasteiger partial charge < -0.3 is 19.4 Å². The Bertz CT molecular complexity index is 1790. The van der Waals surface area contributed by atoms with Gasteiger partial charge in [0.15, 0.2) is 11.2 Å². The number of ether oxygens (including phenoxy) is 2. The first-order chi connectivity index (χ1) is 20.0. The van der Waals surface area contributed by atoms with E-state index in [1.807, 2.05) is 20.8 Å². The van der Waals surface area contributed by atoms with Crippen LogP contribution < -0.4 is 19.7 Å². The topological polar surface area (TPSA) is 98.6 Å². The Hall–Kier alpha value is -4.22. The number of aromatic nitrogens is 3. The zero-order chi connectivity index (χ0) is 30.1. The Balaban J connectivity index is 1.68. The molecule has 0 saturated heterocycles. The molecule has 0 radical (unpaired) electrons. The van der Waals surface area contributed by atoms with Crippen LogP contribution in [0.4, 0.5) is 20.2 Å². The van der Waals surface area contributed by atoms with Crippen molar-refractivity contribution in [3.05, 3.63) is 81.2 Å². The van der Waals surface area contributed by atoms with Gasteiger partial charge in [-0.2, -0.15) is 8.78 Å². The lowest BCUT2D eigenvalue weighted by Crippen LogP contribution is -2.51. The van der Waals surface area contributed by atoms with Gasteiger partial charge in [0.2, 0.25) is 5.88 Å². The van der Waals surface area contributed by atoms with Crippen LogP contribution in [0.1, 0.15) is 47.2 Å². The fraction of sp³-hybridized carbons (Fsp3) is 0.241. The first-order valence-corrected chi connectivity index (χ1v) is 13.6. The Morgan fingerprint density at radius 3 is 2.45 bits per heavy atom. The van der Waals surface area contributed by atoms with Crippen molar-refractivity contribution < 1.29 is 27.8 Å². The van der Waals surface area contributed by atoms with E-state index in [9.17, 15) is 18.4 Å². The van der Waals surface area contributed by atoms with Crippen LogP contribution in [0.5, 0.6) is 11.6 Å². The third-order valence-electron chi connectivity index (χ3n) is 7.38. The number of nitrogens with zero attached hydrogens (tertiary/aromatic N) is 4. The van der Waals surface area contributed by atoms with Gasteiger partial charge in [-0.3, -0.25) is 14.5 Å². The van der Waals surface area contributed by atoms with Crippen LogP contribution in [0, 0.1) is 6.92 Å². The SMILES string of the molecule is COc1cc(OC(F)F)ncc1-c1nc2c(n1C(C)C)[C@]1(C(=O)Nc3cc(Cl)ccc31)N(c1cc(Cl)ccc1C)C2=O. The van der Waals surface area contributed by atoms with Gasteiger partial charge in [-0.05, 0) is 50.6 Å². The molecule has 216 valence electrons. The minimum Gasteiger partial charge on any atom is -0.496 e. The van der Waals surface area contributed by atoms with Gasteiger partial charge in [-0.25, -0.2) is 9.97 Å². The Labute approximate surface area is 249 Å². The van der Waals surface area contributed by atoms with E-state index < -0.39 is 24.0 Å². The summed E-state index contributed by atoms with van der Waals surface area (Å²) in [6.07, 6.45) is 1.28. The quantitative estimate of drug-likeness (QED) is 0.263.